The number of amides is 2. The fourth-order valence-corrected chi connectivity index (χ4v) is 3.58. The maximum absolute atomic E-state index is 13.1. The molecule has 8 nitrogen and oxygen atoms in total. The molecule has 1 saturated heterocycles. The fourth-order valence-electron chi connectivity index (χ4n) is 3.58. The van der Waals surface area contributed by atoms with Gasteiger partial charge in [-0.1, -0.05) is 0 Å². The number of carbonyl (C=O) groups is 2. The first-order chi connectivity index (χ1) is 14.2. The Hall–Kier alpha value is -2.48. The lowest BCUT2D eigenvalue weighted by Gasteiger charge is -2.34. The van der Waals surface area contributed by atoms with Gasteiger partial charge in [0.15, 0.2) is 0 Å². The Morgan fingerprint density at radius 2 is 2.03 bits per heavy atom. The number of carbonyl (C=O) groups excluding carboxylic acids is 2. The molecule has 0 radical (unpaired) electrons. The van der Waals surface area contributed by atoms with E-state index in [-0.39, 0.29) is 18.4 Å². The Labute approximate surface area is 178 Å². The first-order valence-electron chi connectivity index (χ1n) is 10.3. The summed E-state index contributed by atoms with van der Waals surface area (Å²) in [5.74, 6) is 1.11. The summed E-state index contributed by atoms with van der Waals surface area (Å²) in [7, 11) is 3.18. The molecule has 0 aromatic heterocycles. The van der Waals surface area contributed by atoms with Crippen LogP contribution < -0.4 is 14.8 Å². The Morgan fingerprint density at radius 3 is 2.63 bits per heavy atom. The molecule has 168 valence electrons. The molecular weight excluding hydrogens is 388 g/mol. The van der Waals surface area contributed by atoms with E-state index >= 15 is 0 Å². The third-order valence-corrected chi connectivity index (χ3v) is 5.01. The zero-order chi connectivity index (χ0) is 22.3. The Balaban J connectivity index is 2.01. The van der Waals surface area contributed by atoms with Crippen LogP contribution in [0.15, 0.2) is 18.2 Å². The molecule has 8 heteroatoms. The van der Waals surface area contributed by atoms with Crippen molar-refractivity contribution < 1.29 is 28.9 Å². The van der Waals surface area contributed by atoms with Crippen LogP contribution in [0.1, 0.15) is 45.6 Å². The van der Waals surface area contributed by atoms with Crippen LogP contribution in [-0.4, -0.2) is 61.0 Å². The van der Waals surface area contributed by atoms with Gasteiger partial charge in [-0.25, -0.2) is 4.79 Å². The average Bonchev–Trinajstić information content (AvgIpc) is 2.69. The van der Waals surface area contributed by atoms with Gasteiger partial charge in [-0.15, -0.1) is 0 Å². The number of benzene rings is 1. The number of ether oxygens (including phenoxy) is 3. The molecule has 0 unspecified atom stereocenters. The number of methoxy groups -OCH3 is 2. The summed E-state index contributed by atoms with van der Waals surface area (Å²) in [6, 6.07) is 5.00. The first-order valence-corrected chi connectivity index (χ1v) is 10.3. The van der Waals surface area contributed by atoms with Crippen molar-refractivity contribution in [3.63, 3.8) is 0 Å². The highest BCUT2D eigenvalue weighted by Crippen LogP contribution is 2.29. The number of nitrogens with zero attached hydrogens (tertiary/aromatic N) is 1. The molecule has 1 aromatic carbocycles. The third kappa shape index (κ3) is 6.79. The standard InChI is InChI=1S/C22H34N2O6/c1-22(2,3)30-21(27)23-17(14-25)11-15-7-6-10-24(20(15)26)13-16-8-9-18(28-4)12-19(16)29-5/h8-9,12,15,17,25H,6-7,10-11,13-14H2,1-5H3,(H,23,27)/t15-,17-/m0/s1. The number of nitrogens with one attached hydrogen (secondary N) is 1. The van der Waals surface area contributed by atoms with Crippen LogP contribution in [0.5, 0.6) is 11.5 Å². The fraction of sp³-hybridized carbons (Fsp3) is 0.636. The lowest BCUT2D eigenvalue weighted by atomic mass is 9.90. The van der Waals surface area contributed by atoms with Crippen molar-refractivity contribution in [2.24, 2.45) is 5.92 Å². The SMILES string of the molecule is COc1ccc(CN2CCC[C@@H](C[C@@H](CO)NC(=O)OC(C)(C)C)C2=O)c(OC)c1. The molecule has 1 aliphatic heterocycles. The summed E-state index contributed by atoms with van der Waals surface area (Å²) in [4.78, 5) is 26.9. The van der Waals surface area contributed by atoms with Crippen molar-refractivity contribution in [1.29, 1.82) is 0 Å². The van der Waals surface area contributed by atoms with Crippen LogP contribution >= 0.6 is 0 Å². The summed E-state index contributed by atoms with van der Waals surface area (Å²) in [5.41, 5.74) is 0.275. The molecule has 0 bridgehead atoms. The van der Waals surface area contributed by atoms with Gasteiger partial charge in [0.25, 0.3) is 0 Å². The van der Waals surface area contributed by atoms with E-state index < -0.39 is 17.7 Å². The van der Waals surface area contributed by atoms with E-state index in [0.717, 1.165) is 18.4 Å². The zero-order valence-electron chi connectivity index (χ0n) is 18.6. The number of alkyl carbamates (subject to hydrolysis) is 1. The Kier molecular flexibility index (Phi) is 8.34. The first kappa shape index (κ1) is 23.8. The molecule has 1 fully saturated rings. The quantitative estimate of drug-likeness (QED) is 0.669. The molecule has 1 heterocycles. The van der Waals surface area contributed by atoms with Gasteiger partial charge >= 0.3 is 6.09 Å². The smallest absolute Gasteiger partial charge is 0.407 e. The summed E-state index contributed by atoms with van der Waals surface area (Å²) < 4.78 is 15.9. The highest BCUT2D eigenvalue weighted by atomic mass is 16.6. The van der Waals surface area contributed by atoms with Crippen LogP contribution in [0.4, 0.5) is 4.79 Å². The largest absolute Gasteiger partial charge is 0.497 e. The maximum atomic E-state index is 13.1. The molecular formula is C22H34N2O6. The lowest BCUT2D eigenvalue weighted by molar-refractivity contribution is -0.139. The number of aliphatic hydroxyl groups excluding tert-OH is 1. The molecule has 0 saturated carbocycles. The zero-order valence-corrected chi connectivity index (χ0v) is 18.6. The predicted molar refractivity (Wildman–Crippen MR) is 113 cm³/mol. The molecule has 1 aliphatic rings. The van der Waals surface area contributed by atoms with E-state index in [1.165, 1.54) is 0 Å². The van der Waals surface area contributed by atoms with Gasteiger partial charge in [0.05, 0.1) is 26.9 Å². The summed E-state index contributed by atoms with van der Waals surface area (Å²) >= 11 is 0. The molecule has 2 amide bonds. The van der Waals surface area contributed by atoms with Gasteiger partial charge in [0.1, 0.15) is 17.1 Å². The summed E-state index contributed by atoms with van der Waals surface area (Å²) in [6.45, 7) is 6.17. The molecule has 0 spiro atoms. The molecule has 2 rings (SSSR count). The summed E-state index contributed by atoms with van der Waals surface area (Å²) in [6.07, 6.45) is 1.36. The third-order valence-electron chi connectivity index (χ3n) is 5.01. The van der Waals surface area contributed by atoms with Crippen molar-refractivity contribution in [1.82, 2.24) is 10.2 Å². The van der Waals surface area contributed by atoms with Crippen molar-refractivity contribution in [2.45, 2.75) is 58.2 Å². The Bertz CT molecular complexity index is 731. The van der Waals surface area contributed by atoms with Gasteiger partial charge in [-0.05, 0) is 52.2 Å². The number of piperidine rings is 1. The second-order valence-corrected chi connectivity index (χ2v) is 8.54. The molecule has 0 aliphatic carbocycles. The molecule has 2 N–H and O–H groups in total. The molecule has 2 atom stereocenters. The summed E-state index contributed by atoms with van der Waals surface area (Å²) in [5, 5.41) is 12.4. The number of aliphatic hydroxyl groups is 1. The van der Waals surface area contributed by atoms with Gasteiger partial charge < -0.3 is 29.5 Å². The molecule has 30 heavy (non-hydrogen) atoms. The van der Waals surface area contributed by atoms with Crippen LogP contribution in [-0.2, 0) is 16.1 Å². The topological polar surface area (TPSA) is 97.3 Å². The van der Waals surface area contributed by atoms with Gasteiger partial charge in [0.2, 0.25) is 5.91 Å². The number of hydrogen-bond donors (Lipinski definition) is 2. The van der Waals surface area contributed by atoms with Crippen molar-refractivity contribution in [3.8, 4) is 11.5 Å². The minimum atomic E-state index is -0.626. The highest BCUT2D eigenvalue weighted by molar-refractivity contribution is 5.80. The van der Waals surface area contributed by atoms with E-state index in [4.69, 9.17) is 14.2 Å². The average molecular weight is 423 g/mol. The second-order valence-electron chi connectivity index (χ2n) is 8.54. The van der Waals surface area contributed by atoms with Crippen molar-refractivity contribution >= 4 is 12.0 Å². The normalized spacial score (nSPS) is 18.0. The number of rotatable bonds is 8. The maximum Gasteiger partial charge on any atom is 0.407 e. The Morgan fingerprint density at radius 1 is 1.30 bits per heavy atom. The van der Waals surface area contributed by atoms with E-state index in [9.17, 15) is 14.7 Å². The number of hydrogen-bond acceptors (Lipinski definition) is 6. The minimum absolute atomic E-state index is 0.0172. The van der Waals surface area contributed by atoms with Crippen molar-refractivity contribution in [3.05, 3.63) is 23.8 Å². The monoisotopic (exact) mass is 422 g/mol. The van der Waals surface area contributed by atoms with Gasteiger partial charge in [0, 0.05) is 30.6 Å². The van der Waals surface area contributed by atoms with Crippen LogP contribution in [0.2, 0.25) is 0 Å². The van der Waals surface area contributed by atoms with E-state index in [1.807, 2.05) is 12.1 Å². The van der Waals surface area contributed by atoms with E-state index in [1.54, 1.807) is 46.0 Å². The van der Waals surface area contributed by atoms with Crippen LogP contribution in [0, 0.1) is 5.92 Å². The molecule has 1 aromatic rings. The van der Waals surface area contributed by atoms with Gasteiger partial charge in [-0.3, -0.25) is 4.79 Å². The van der Waals surface area contributed by atoms with Crippen LogP contribution in [0.25, 0.3) is 0 Å². The number of likely N-dealkylation sites (tertiary alicyclic amines) is 1. The van der Waals surface area contributed by atoms with Crippen LogP contribution in [0.3, 0.4) is 0 Å². The predicted octanol–water partition coefficient (Wildman–Crippen LogP) is 2.72. The minimum Gasteiger partial charge on any atom is -0.497 e. The van der Waals surface area contributed by atoms with Gasteiger partial charge in [-0.2, -0.15) is 0 Å². The lowest BCUT2D eigenvalue weighted by Crippen LogP contribution is -2.46. The highest BCUT2D eigenvalue weighted by Gasteiger charge is 2.32. The second kappa shape index (κ2) is 10.5. The van der Waals surface area contributed by atoms with E-state index in [2.05, 4.69) is 5.32 Å². The van der Waals surface area contributed by atoms with Crippen molar-refractivity contribution in [2.75, 3.05) is 27.4 Å². The van der Waals surface area contributed by atoms with E-state index in [0.29, 0.717) is 31.0 Å².